The molecule has 1 aliphatic rings. The number of anilines is 1. The fraction of sp³-hybridized carbons (Fsp3) is 0.176. The lowest BCUT2D eigenvalue weighted by Gasteiger charge is -2.18. The number of para-hydroxylation sites is 1. The van der Waals surface area contributed by atoms with Crippen LogP contribution in [0.4, 0.5) is 5.69 Å². The molecule has 0 atom stereocenters. The van der Waals surface area contributed by atoms with Gasteiger partial charge in [-0.1, -0.05) is 42.5 Å². The van der Waals surface area contributed by atoms with Crippen LogP contribution in [0.3, 0.4) is 0 Å². The van der Waals surface area contributed by atoms with Gasteiger partial charge in [-0.15, -0.1) is 11.8 Å². The van der Waals surface area contributed by atoms with Crippen LogP contribution in [0.25, 0.3) is 0 Å². The van der Waals surface area contributed by atoms with Crippen LogP contribution in [0.15, 0.2) is 69.5 Å². The molecule has 1 N–H and O–H groups in total. The maximum atomic E-state index is 4.58. The number of amidine groups is 2. The predicted octanol–water partition coefficient (Wildman–Crippen LogP) is 4.22. The maximum absolute atomic E-state index is 4.58. The van der Waals surface area contributed by atoms with Gasteiger partial charge in [0.25, 0.3) is 0 Å². The van der Waals surface area contributed by atoms with Gasteiger partial charge in [-0.3, -0.25) is 4.99 Å². The Morgan fingerprint density at radius 1 is 1.10 bits per heavy atom. The van der Waals surface area contributed by atoms with E-state index >= 15 is 0 Å². The third-order valence-electron chi connectivity index (χ3n) is 3.16. The van der Waals surface area contributed by atoms with Crippen molar-refractivity contribution in [3.63, 3.8) is 0 Å². The highest BCUT2D eigenvalue weighted by Gasteiger charge is 2.12. The van der Waals surface area contributed by atoms with E-state index in [-0.39, 0.29) is 0 Å². The van der Waals surface area contributed by atoms with Crippen molar-refractivity contribution in [1.29, 1.82) is 0 Å². The van der Waals surface area contributed by atoms with Crippen molar-refractivity contribution in [2.24, 2.45) is 9.98 Å². The lowest BCUT2D eigenvalue weighted by Crippen LogP contribution is -2.20. The summed E-state index contributed by atoms with van der Waals surface area (Å²) in [6, 6.07) is 18.5. The van der Waals surface area contributed by atoms with Gasteiger partial charge in [0.2, 0.25) is 0 Å². The second-order valence-electron chi connectivity index (χ2n) is 4.82. The summed E-state index contributed by atoms with van der Waals surface area (Å²) in [5.41, 5.74) is 2.33. The van der Waals surface area contributed by atoms with Crippen LogP contribution in [-0.4, -0.2) is 17.4 Å². The second kappa shape index (κ2) is 6.59. The number of nitrogens with one attached hydrogen (secondary N) is 1. The molecule has 2 aromatic carbocycles. The van der Waals surface area contributed by atoms with Crippen molar-refractivity contribution >= 4 is 29.1 Å². The largest absolute Gasteiger partial charge is 0.342 e. The van der Waals surface area contributed by atoms with Gasteiger partial charge in [-0.2, -0.15) is 0 Å². The normalized spacial score (nSPS) is 16.4. The van der Waals surface area contributed by atoms with Gasteiger partial charge in [0.1, 0.15) is 11.7 Å². The minimum absolute atomic E-state index is 0.674. The molecule has 0 amide bonds. The molecular weight excluding hydrogens is 278 g/mol. The summed E-state index contributed by atoms with van der Waals surface area (Å²) in [5.74, 6) is 2.63. The highest BCUT2D eigenvalue weighted by Crippen LogP contribution is 2.30. The summed E-state index contributed by atoms with van der Waals surface area (Å²) in [4.78, 5) is 10.4. The molecule has 0 aliphatic carbocycles. The van der Waals surface area contributed by atoms with Crippen LogP contribution in [0, 0.1) is 0 Å². The van der Waals surface area contributed by atoms with Gasteiger partial charge < -0.3 is 5.32 Å². The SMILES string of the molecule is CC(=NCc1ccccc1)N=C1CSc2ccccc2N1. The zero-order valence-corrected chi connectivity index (χ0v) is 12.7. The molecule has 0 saturated heterocycles. The Labute approximate surface area is 129 Å². The zero-order chi connectivity index (χ0) is 14.5. The average Bonchev–Trinajstić information content (AvgIpc) is 2.54. The molecule has 1 aliphatic heterocycles. The first kappa shape index (κ1) is 13.9. The van der Waals surface area contributed by atoms with Crippen LogP contribution in [-0.2, 0) is 6.54 Å². The predicted molar refractivity (Wildman–Crippen MR) is 91.5 cm³/mol. The Balaban J connectivity index is 1.68. The molecule has 0 fully saturated rings. The Morgan fingerprint density at radius 3 is 2.71 bits per heavy atom. The van der Waals surface area contributed by atoms with E-state index < -0.39 is 0 Å². The van der Waals surface area contributed by atoms with E-state index in [9.17, 15) is 0 Å². The summed E-state index contributed by atoms with van der Waals surface area (Å²) in [6.45, 7) is 2.62. The minimum Gasteiger partial charge on any atom is -0.342 e. The summed E-state index contributed by atoms with van der Waals surface area (Å²) in [7, 11) is 0. The molecule has 106 valence electrons. The Morgan fingerprint density at radius 2 is 1.86 bits per heavy atom. The first-order valence-corrected chi connectivity index (χ1v) is 7.91. The van der Waals surface area contributed by atoms with Crippen LogP contribution in [0.1, 0.15) is 12.5 Å². The number of hydrogen-bond acceptors (Lipinski definition) is 2. The Bertz CT molecular complexity index is 677. The monoisotopic (exact) mass is 295 g/mol. The van der Waals surface area contributed by atoms with Crippen molar-refractivity contribution in [2.45, 2.75) is 18.4 Å². The van der Waals surface area contributed by atoms with E-state index in [2.05, 4.69) is 45.6 Å². The maximum Gasteiger partial charge on any atom is 0.122 e. The Hall–Kier alpha value is -2.07. The van der Waals surface area contributed by atoms with Crippen LogP contribution in [0.5, 0.6) is 0 Å². The minimum atomic E-state index is 0.674. The molecule has 0 spiro atoms. The first-order valence-electron chi connectivity index (χ1n) is 6.92. The number of hydrogen-bond donors (Lipinski definition) is 1. The number of thioether (sulfide) groups is 1. The second-order valence-corrected chi connectivity index (χ2v) is 5.83. The van der Waals surface area contributed by atoms with Gasteiger partial charge in [-0.05, 0) is 24.6 Å². The van der Waals surface area contributed by atoms with Crippen molar-refractivity contribution in [3.05, 3.63) is 60.2 Å². The van der Waals surface area contributed by atoms with Crippen molar-refractivity contribution in [2.75, 3.05) is 11.1 Å². The van der Waals surface area contributed by atoms with Crippen LogP contribution in [0.2, 0.25) is 0 Å². The van der Waals surface area contributed by atoms with E-state index in [0.29, 0.717) is 6.54 Å². The van der Waals surface area contributed by atoms with E-state index in [1.165, 1.54) is 10.5 Å². The average molecular weight is 295 g/mol. The molecule has 4 heteroatoms. The molecular formula is C17H17N3S. The van der Waals surface area contributed by atoms with E-state index in [1.807, 2.05) is 31.2 Å². The standard InChI is InChI=1S/C17H17N3S/c1-13(18-11-14-7-3-2-4-8-14)19-17-12-21-16-10-6-5-9-15(16)20-17/h2-10H,11-12H2,1H3,(H,18,19,20). The summed E-state index contributed by atoms with van der Waals surface area (Å²) < 4.78 is 0. The lowest BCUT2D eigenvalue weighted by molar-refractivity contribution is 1.06. The number of benzene rings is 2. The van der Waals surface area contributed by atoms with E-state index in [1.54, 1.807) is 11.8 Å². The number of rotatable bonds is 2. The van der Waals surface area contributed by atoms with Crippen LogP contribution < -0.4 is 5.32 Å². The van der Waals surface area contributed by atoms with Gasteiger partial charge in [0.15, 0.2) is 0 Å². The first-order chi connectivity index (χ1) is 10.3. The molecule has 1 heterocycles. The summed E-state index contributed by atoms with van der Waals surface area (Å²) >= 11 is 1.80. The fourth-order valence-electron chi connectivity index (χ4n) is 2.11. The van der Waals surface area contributed by atoms with Gasteiger partial charge in [0, 0.05) is 4.90 Å². The molecule has 21 heavy (non-hydrogen) atoms. The zero-order valence-electron chi connectivity index (χ0n) is 11.9. The molecule has 0 saturated carbocycles. The topological polar surface area (TPSA) is 36.8 Å². The summed E-state index contributed by atoms with van der Waals surface area (Å²) in [5, 5.41) is 3.37. The molecule has 0 unspecified atom stereocenters. The molecule has 0 aromatic heterocycles. The van der Waals surface area contributed by atoms with E-state index in [4.69, 9.17) is 0 Å². The van der Waals surface area contributed by atoms with Crippen LogP contribution >= 0.6 is 11.8 Å². The number of nitrogens with zero attached hydrogens (tertiary/aromatic N) is 2. The third-order valence-corrected chi connectivity index (χ3v) is 4.25. The fourth-order valence-corrected chi connectivity index (χ4v) is 2.99. The highest BCUT2D eigenvalue weighted by molar-refractivity contribution is 8.00. The van der Waals surface area contributed by atoms with Crippen molar-refractivity contribution < 1.29 is 0 Å². The lowest BCUT2D eigenvalue weighted by atomic mass is 10.2. The molecule has 3 nitrogen and oxygen atoms in total. The van der Waals surface area contributed by atoms with Gasteiger partial charge in [-0.25, -0.2) is 4.99 Å². The number of aliphatic imine (C=N–C) groups is 2. The third kappa shape index (κ3) is 3.73. The molecule has 2 aromatic rings. The summed E-state index contributed by atoms with van der Waals surface area (Å²) in [6.07, 6.45) is 0. The smallest absolute Gasteiger partial charge is 0.122 e. The highest BCUT2D eigenvalue weighted by atomic mass is 32.2. The number of fused-ring (bicyclic) bond motifs is 1. The van der Waals surface area contributed by atoms with E-state index in [0.717, 1.165) is 23.1 Å². The molecule has 0 radical (unpaired) electrons. The van der Waals surface area contributed by atoms with Gasteiger partial charge >= 0.3 is 0 Å². The van der Waals surface area contributed by atoms with Crippen molar-refractivity contribution in [3.8, 4) is 0 Å². The molecule has 0 bridgehead atoms. The molecule has 3 rings (SSSR count). The van der Waals surface area contributed by atoms with Gasteiger partial charge in [0.05, 0.1) is 18.0 Å². The Kier molecular flexibility index (Phi) is 4.36. The van der Waals surface area contributed by atoms with Crippen molar-refractivity contribution in [1.82, 2.24) is 0 Å². The quantitative estimate of drug-likeness (QED) is 0.665.